The number of hydrogen-bond donors (Lipinski definition) is 1. The number of methoxy groups -OCH3 is 2. The number of rotatable bonds is 5. The summed E-state index contributed by atoms with van der Waals surface area (Å²) in [5, 5.41) is 14.7. The van der Waals surface area contributed by atoms with Gasteiger partial charge in [0.25, 0.3) is 0 Å². The lowest BCUT2D eigenvalue weighted by molar-refractivity contribution is -0.144. The highest BCUT2D eigenvalue weighted by Gasteiger charge is 2.51. The molecular weight excluding hydrogens is 412 g/mol. The van der Waals surface area contributed by atoms with Gasteiger partial charge in [0.1, 0.15) is 11.6 Å². The number of halogens is 1. The molecule has 1 aromatic heterocycles. The number of carbonyl (C=O) groups is 2. The quantitative estimate of drug-likeness (QED) is 0.715. The van der Waals surface area contributed by atoms with Crippen LogP contribution < -0.4 is 10.5 Å². The van der Waals surface area contributed by atoms with Crippen molar-refractivity contribution in [3.63, 3.8) is 0 Å². The minimum Gasteiger partial charge on any atom is -0.469 e. The summed E-state index contributed by atoms with van der Waals surface area (Å²) in [7, 11) is 2.43. The summed E-state index contributed by atoms with van der Waals surface area (Å²) in [5.74, 6) is -1.37. The lowest BCUT2D eigenvalue weighted by atomic mass is 9.68. The fourth-order valence-electron chi connectivity index (χ4n) is 3.67. The van der Waals surface area contributed by atoms with Gasteiger partial charge in [-0.15, -0.1) is 0 Å². The van der Waals surface area contributed by atoms with E-state index in [-0.39, 0.29) is 30.2 Å². The third-order valence-electron chi connectivity index (χ3n) is 4.97. The zero-order chi connectivity index (χ0) is 22.1. The summed E-state index contributed by atoms with van der Waals surface area (Å²) in [6.45, 7) is 1.68. The Hall–Kier alpha value is -3.51. The Morgan fingerprint density at radius 3 is 2.40 bits per heavy atom. The number of hydrogen-bond acceptors (Lipinski definition) is 8. The van der Waals surface area contributed by atoms with Crippen LogP contribution in [-0.2, 0) is 24.5 Å². The molecule has 0 amide bonds. The Kier molecular flexibility index (Phi) is 5.71. The Bertz CT molecular complexity index is 1080. The van der Waals surface area contributed by atoms with Crippen molar-refractivity contribution in [3.05, 3.63) is 52.0 Å². The van der Waals surface area contributed by atoms with Crippen LogP contribution in [0.1, 0.15) is 24.1 Å². The fourth-order valence-corrected chi connectivity index (χ4v) is 3.89. The van der Waals surface area contributed by atoms with Crippen molar-refractivity contribution in [3.8, 4) is 17.6 Å². The van der Waals surface area contributed by atoms with Gasteiger partial charge in [0.15, 0.2) is 0 Å². The molecule has 0 spiro atoms. The second-order valence-electron chi connectivity index (χ2n) is 6.67. The Balaban J connectivity index is 2.35. The predicted molar refractivity (Wildman–Crippen MR) is 106 cm³/mol. The first-order chi connectivity index (χ1) is 14.3. The van der Waals surface area contributed by atoms with Crippen LogP contribution in [0.25, 0.3) is 5.69 Å². The number of fused-ring (bicyclic) bond motifs is 1. The standard InChI is InChI=1S/C20H19ClN4O5/c1-11-17-19(25(24-11)14-7-5-4-6-13(14)21)30-18(23)12(10-22)20(17,8-15(26)28-2)9-16(27)29-3/h4-7H,8-9,23H2,1-3H3. The van der Waals surface area contributed by atoms with Crippen molar-refractivity contribution in [2.24, 2.45) is 5.73 Å². The Morgan fingerprint density at radius 2 is 1.87 bits per heavy atom. The second-order valence-corrected chi connectivity index (χ2v) is 7.08. The van der Waals surface area contributed by atoms with Gasteiger partial charge in [-0.2, -0.15) is 15.0 Å². The molecule has 1 aliphatic rings. The number of esters is 2. The molecule has 3 rings (SSSR count). The van der Waals surface area contributed by atoms with Crippen molar-refractivity contribution >= 4 is 23.5 Å². The van der Waals surface area contributed by atoms with Gasteiger partial charge in [-0.3, -0.25) is 9.59 Å². The molecule has 0 saturated heterocycles. The Labute approximate surface area is 177 Å². The highest BCUT2D eigenvalue weighted by Crippen LogP contribution is 2.50. The van der Waals surface area contributed by atoms with E-state index >= 15 is 0 Å². The van der Waals surface area contributed by atoms with Crippen LogP contribution in [0.3, 0.4) is 0 Å². The highest BCUT2D eigenvalue weighted by molar-refractivity contribution is 6.32. The molecule has 30 heavy (non-hydrogen) atoms. The van der Waals surface area contributed by atoms with Crippen molar-refractivity contribution in [1.82, 2.24) is 9.78 Å². The van der Waals surface area contributed by atoms with Gasteiger partial charge in [0.05, 0.1) is 54.4 Å². The molecular formula is C20H19ClN4O5. The van der Waals surface area contributed by atoms with E-state index in [1.54, 1.807) is 31.2 Å². The zero-order valence-corrected chi connectivity index (χ0v) is 17.3. The number of ether oxygens (including phenoxy) is 3. The molecule has 0 saturated carbocycles. The normalized spacial score (nSPS) is 14.4. The summed E-state index contributed by atoms with van der Waals surface area (Å²) in [6.07, 6.45) is -0.679. The number of aromatic nitrogens is 2. The van der Waals surface area contributed by atoms with Crippen LogP contribution in [0.2, 0.25) is 5.02 Å². The number of aryl methyl sites for hydroxylation is 1. The first kappa shape index (κ1) is 21.2. The average molecular weight is 431 g/mol. The average Bonchev–Trinajstić information content (AvgIpc) is 3.04. The number of nitriles is 1. The van der Waals surface area contributed by atoms with E-state index in [1.807, 2.05) is 6.07 Å². The maximum atomic E-state index is 12.3. The molecule has 2 heterocycles. The van der Waals surface area contributed by atoms with Crippen LogP contribution >= 0.6 is 11.6 Å². The van der Waals surface area contributed by atoms with Crippen LogP contribution in [0, 0.1) is 18.3 Å². The van der Waals surface area contributed by atoms with Crippen molar-refractivity contribution in [2.45, 2.75) is 25.2 Å². The minimum absolute atomic E-state index is 0.0763. The predicted octanol–water partition coefficient (Wildman–Crippen LogP) is 2.28. The minimum atomic E-state index is -1.48. The summed E-state index contributed by atoms with van der Waals surface area (Å²) < 4.78 is 16.9. The third kappa shape index (κ3) is 3.35. The summed E-state index contributed by atoms with van der Waals surface area (Å²) >= 11 is 6.33. The van der Waals surface area contributed by atoms with Crippen molar-refractivity contribution in [1.29, 1.82) is 5.26 Å². The molecule has 10 heteroatoms. The fraction of sp³-hybridized carbons (Fsp3) is 0.300. The molecule has 0 bridgehead atoms. The van der Waals surface area contributed by atoms with E-state index in [0.29, 0.717) is 22.0 Å². The monoisotopic (exact) mass is 430 g/mol. The van der Waals surface area contributed by atoms with E-state index in [4.69, 9.17) is 31.5 Å². The molecule has 0 aliphatic carbocycles. The molecule has 0 atom stereocenters. The summed E-state index contributed by atoms with van der Waals surface area (Å²) in [6, 6.07) is 8.91. The third-order valence-corrected chi connectivity index (χ3v) is 5.29. The molecule has 1 aromatic carbocycles. The first-order valence-corrected chi connectivity index (χ1v) is 9.23. The van der Waals surface area contributed by atoms with Gasteiger partial charge in [-0.25, -0.2) is 0 Å². The van der Waals surface area contributed by atoms with Crippen molar-refractivity contribution in [2.75, 3.05) is 14.2 Å². The molecule has 2 N–H and O–H groups in total. The lowest BCUT2D eigenvalue weighted by Gasteiger charge is -2.35. The number of nitrogens with two attached hydrogens (primary N) is 1. The molecule has 0 radical (unpaired) electrons. The summed E-state index contributed by atoms with van der Waals surface area (Å²) in [5.41, 5.74) is 5.81. The van der Waals surface area contributed by atoms with Crippen molar-refractivity contribution < 1.29 is 23.8 Å². The molecule has 0 fully saturated rings. The number of nitrogens with zero attached hydrogens (tertiary/aromatic N) is 3. The van der Waals surface area contributed by atoms with Crippen LogP contribution in [0.4, 0.5) is 0 Å². The van der Waals surface area contributed by atoms with Crippen LogP contribution in [0.5, 0.6) is 5.88 Å². The second kappa shape index (κ2) is 8.08. The van der Waals surface area contributed by atoms with E-state index in [0.717, 1.165) is 0 Å². The van der Waals surface area contributed by atoms with Crippen LogP contribution in [0.15, 0.2) is 35.7 Å². The van der Waals surface area contributed by atoms with E-state index in [9.17, 15) is 14.9 Å². The van der Waals surface area contributed by atoms with Gasteiger partial charge in [0.2, 0.25) is 11.8 Å². The number of benzene rings is 1. The highest BCUT2D eigenvalue weighted by atomic mass is 35.5. The smallest absolute Gasteiger partial charge is 0.306 e. The molecule has 9 nitrogen and oxygen atoms in total. The Morgan fingerprint density at radius 1 is 1.27 bits per heavy atom. The van der Waals surface area contributed by atoms with E-state index in [2.05, 4.69) is 5.10 Å². The number of allylic oxidation sites excluding steroid dienone is 1. The topological polar surface area (TPSA) is 129 Å². The number of carbonyl (C=O) groups excluding carboxylic acids is 2. The molecule has 1 aliphatic heterocycles. The molecule has 0 unspecified atom stereocenters. The van der Waals surface area contributed by atoms with Gasteiger partial charge < -0.3 is 19.9 Å². The maximum Gasteiger partial charge on any atom is 0.306 e. The largest absolute Gasteiger partial charge is 0.469 e. The maximum absolute atomic E-state index is 12.3. The van der Waals surface area contributed by atoms with Gasteiger partial charge in [0, 0.05) is 0 Å². The summed E-state index contributed by atoms with van der Waals surface area (Å²) in [4.78, 5) is 24.7. The number of para-hydroxylation sites is 1. The van der Waals surface area contributed by atoms with Crippen LogP contribution in [-0.4, -0.2) is 35.9 Å². The van der Waals surface area contributed by atoms with E-state index in [1.165, 1.54) is 18.9 Å². The first-order valence-electron chi connectivity index (χ1n) is 8.85. The van der Waals surface area contributed by atoms with Gasteiger partial charge in [-0.1, -0.05) is 23.7 Å². The van der Waals surface area contributed by atoms with Gasteiger partial charge in [-0.05, 0) is 19.1 Å². The zero-order valence-electron chi connectivity index (χ0n) is 16.6. The van der Waals surface area contributed by atoms with E-state index < -0.39 is 17.4 Å². The molecule has 2 aromatic rings. The molecule has 156 valence electrons. The lowest BCUT2D eigenvalue weighted by Crippen LogP contribution is -2.40. The SMILES string of the molecule is COC(=O)CC1(CC(=O)OC)C(C#N)=C(N)Oc2c1c(C)nn2-c1ccccc1Cl. The van der Waals surface area contributed by atoms with Gasteiger partial charge >= 0.3 is 11.9 Å².